The molecule has 0 bridgehead atoms. The second kappa shape index (κ2) is 11.2. The van der Waals surface area contributed by atoms with Gasteiger partial charge in [0.05, 0.1) is 19.8 Å². The number of nitrogens with one attached hydrogen (secondary N) is 1. The maximum Gasteiger partial charge on any atom is 0.254 e. The van der Waals surface area contributed by atoms with Crippen molar-refractivity contribution < 1.29 is 28.5 Å². The lowest BCUT2D eigenvalue weighted by Crippen LogP contribution is -2.48. The Hall–Kier alpha value is -2.48. The SMILES string of the molecule is CCOc1cc(C(=O)N2CCC(NC(=O)C3CCCO3)CC2)cc(OCC)c1OCC. The Labute approximate surface area is 184 Å². The summed E-state index contributed by atoms with van der Waals surface area (Å²) in [6.45, 7) is 8.87. The monoisotopic (exact) mass is 434 g/mol. The summed E-state index contributed by atoms with van der Waals surface area (Å²) in [5.74, 6) is 1.44. The Morgan fingerprint density at radius 2 is 1.61 bits per heavy atom. The standard InChI is InChI=1S/C23H34N2O6/c1-4-28-19-14-16(15-20(29-5-2)21(19)30-6-3)23(27)25-11-9-17(10-12-25)24-22(26)18-8-7-13-31-18/h14-15,17-18H,4-13H2,1-3H3,(H,24,26). The number of hydrogen-bond donors (Lipinski definition) is 1. The molecule has 8 nitrogen and oxygen atoms in total. The molecule has 2 amide bonds. The summed E-state index contributed by atoms with van der Waals surface area (Å²) in [7, 11) is 0. The van der Waals surface area contributed by atoms with Gasteiger partial charge in [-0.25, -0.2) is 0 Å². The van der Waals surface area contributed by atoms with Crippen molar-refractivity contribution in [2.24, 2.45) is 0 Å². The maximum absolute atomic E-state index is 13.2. The van der Waals surface area contributed by atoms with Crippen LogP contribution in [0.5, 0.6) is 17.2 Å². The number of rotatable bonds is 9. The Morgan fingerprint density at radius 3 is 2.13 bits per heavy atom. The molecule has 31 heavy (non-hydrogen) atoms. The van der Waals surface area contributed by atoms with Crippen molar-refractivity contribution >= 4 is 11.8 Å². The van der Waals surface area contributed by atoms with E-state index in [2.05, 4.69) is 5.32 Å². The zero-order chi connectivity index (χ0) is 22.2. The molecule has 2 aliphatic rings. The number of nitrogens with zero attached hydrogens (tertiary/aromatic N) is 1. The molecule has 172 valence electrons. The van der Waals surface area contributed by atoms with E-state index < -0.39 is 0 Å². The highest BCUT2D eigenvalue weighted by atomic mass is 16.5. The largest absolute Gasteiger partial charge is 0.490 e. The van der Waals surface area contributed by atoms with Crippen LogP contribution in [0.15, 0.2) is 12.1 Å². The fourth-order valence-corrected chi connectivity index (χ4v) is 4.00. The first-order valence-corrected chi connectivity index (χ1v) is 11.3. The van der Waals surface area contributed by atoms with E-state index in [1.165, 1.54) is 0 Å². The van der Waals surface area contributed by atoms with E-state index in [1.807, 2.05) is 25.7 Å². The van der Waals surface area contributed by atoms with E-state index in [9.17, 15) is 9.59 Å². The van der Waals surface area contributed by atoms with E-state index in [-0.39, 0.29) is 24.0 Å². The van der Waals surface area contributed by atoms with Gasteiger partial charge in [0.2, 0.25) is 11.7 Å². The zero-order valence-electron chi connectivity index (χ0n) is 18.8. The smallest absolute Gasteiger partial charge is 0.254 e. The number of likely N-dealkylation sites (tertiary alicyclic amines) is 1. The van der Waals surface area contributed by atoms with Gasteiger partial charge in [0.1, 0.15) is 6.10 Å². The number of carbonyl (C=O) groups excluding carboxylic acids is 2. The van der Waals surface area contributed by atoms with Crippen LogP contribution in [-0.4, -0.2) is 68.4 Å². The number of hydrogen-bond acceptors (Lipinski definition) is 6. The van der Waals surface area contributed by atoms with Crippen LogP contribution in [0.3, 0.4) is 0 Å². The molecule has 0 aliphatic carbocycles. The van der Waals surface area contributed by atoms with Crippen molar-refractivity contribution in [3.8, 4) is 17.2 Å². The molecule has 0 radical (unpaired) electrons. The van der Waals surface area contributed by atoms with Gasteiger partial charge in [0.15, 0.2) is 11.5 Å². The minimum absolute atomic E-state index is 0.0310. The lowest BCUT2D eigenvalue weighted by Gasteiger charge is -2.33. The minimum Gasteiger partial charge on any atom is -0.490 e. The van der Waals surface area contributed by atoms with E-state index in [0.29, 0.717) is 62.3 Å². The average molecular weight is 435 g/mol. The quantitative estimate of drug-likeness (QED) is 0.643. The van der Waals surface area contributed by atoms with Gasteiger partial charge in [-0.05, 0) is 58.6 Å². The number of ether oxygens (including phenoxy) is 4. The average Bonchev–Trinajstić information content (AvgIpc) is 3.31. The van der Waals surface area contributed by atoms with Gasteiger partial charge in [-0.15, -0.1) is 0 Å². The van der Waals surface area contributed by atoms with Gasteiger partial charge in [-0.2, -0.15) is 0 Å². The molecule has 1 N–H and O–H groups in total. The molecule has 1 aromatic rings. The third-order valence-corrected chi connectivity index (χ3v) is 5.51. The highest BCUT2D eigenvalue weighted by Crippen LogP contribution is 2.39. The maximum atomic E-state index is 13.2. The second-order valence-electron chi connectivity index (χ2n) is 7.68. The van der Waals surface area contributed by atoms with Crippen molar-refractivity contribution in [1.29, 1.82) is 0 Å². The number of carbonyl (C=O) groups is 2. The van der Waals surface area contributed by atoms with Gasteiger partial charge >= 0.3 is 0 Å². The fourth-order valence-electron chi connectivity index (χ4n) is 4.00. The minimum atomic E-state index is -0.322. The fraction of sp³-hybridized carbons (Fsp3) is 0.652. The van der Waals surface area contributed by atoms with Crippen LogP contribution < -0.4 is 19.5 Å². The molecule has 0 spiro atoms. The van der Waals surface area contributed by atoms with Gasteiger partial charge in [-0.3, -0.25) is 9.59 Å². The van der Waals surface area contributed by atoms with Gasteiger partial charge in [-0.1, -0.05) is 0 Å². The summed E-state index contributed by atoms with van der Waals surface area (Å²) < 4.78 is 22.6. The van der Waals surface area contributed by atoms with E-state index >= 15 is 0 Å². The van der Waals surface area contributed by atoms with Gasteiger partial charge in [0.25, 0.3) is 5.91 Å². The predicted octanol–water partition coefficient (Wildman–Crippen LogP) is 2.78. The summed E-state index contributed by atoms with van der Waals surface area (Å²) in [6, 6.07) is 3.52. The van der Waals surface area contributed by atoms with Crippen LogP contribution in [0.2, 0.25) is 0 Å². The zero-order valence-corrected chi connectivity index (χ0v) is 18.8. The third-order valence-electron chi connectivity index (χ3n) is 5.51. The first-order chi connectivity index (χ1) is 15.1. The van der Waals surface area contributed by atoms with Crippen LogP contribution in [-0.2, 0) is 9.53 Å². The third kappa shape index (κ3) is 5.81. The molecule has 0 aromatic heterocycles. The molecule has 0 saturated carbocycles. The highest BCUT2D eigenvalue weighted by Gasteiger charge is 2.29. The topological polar surface area (TPSA) is 86.3 Å². The second-order valence-corrected chi connectivity index (χ2v) is 7.68. The Balaban J connectivity index is 1.66. The molecule has 1 atom stereocenters. The Kier molecular flexibility index (Phi) is 8.40. The number of amides is 2. The Bertz CT molecular complexity index is 727. The predicted molar refractivity (Wildman–Crippen MR) is 116 cm³/mol. The molecular formula is C23H34N2O6. The van der Waals surface area contributed by atoms with Crippen LogP contribution >= 0.6 is 0 Å². The van der Waals surface area contributed by atoms with E-state index in [1.54, 1.807) is 12.1 Å². The summed E-state index contributed by atoms with van der Waals surface area (Å²) in [6.07, 6.45) is 2.83. The van der Waals surface area contributed by atoms with Crippen LogP contribution in [0.25, 0.3) is 0 Å². The summed E-state index contributed by atoms with van der Waals surface area (Å²) in [5, 5.41) is 3.07. The van der Waals surface area contributed by atoms with Crippen molar-refractivity contribution in [3.05, 3.63) is 17.7 Å². The first kappa shape index (κ1) is 23.2. The van der Waals surface area contributed by atoms with Crippen molar-refractivity contribution in [3.63, 3.8) is 0 Å². The number of piperidine rings is 1. The molecule has 2 aliphatic heterocycles. The molecule has 1 unspecified atom stereocenters. The van der Waals surface area contributed by atoms with Crippen molar-refractivity contribution in [1.82, 2.24) is 10.2 Å². The Morgan fingerprint density at radius 1 is 1.00 bits per heavy atom. The van der Waals surface area contributed by atoms with Crippen LogP contribution in [0, 0.1) is 0 Å². The number of benzene rings is 1. The molecular weight excluding hydrogens is 400 g/mol. The molecule has 2 fully saturated rings. The summed E-state index contributed by atoms with van der Waals surface area (Å²) in [5.41, 5.74) is 0.511. The van der Waals surface area contributed by atoms with Crippen LogP contribution in [0.4, 0.5) is 0 Å². The normalized spacial score (nSPS) is 19.2. The molecule has 2 saturated heterocycles. The van der Waals surface area contributed by atoms with E-state index in [4.69, 9.17) is 18.9 Å². The molecule has 1 aromatic carbocycles. The van der Waals surface area contributed by atoms with Crippen LogP contribution in [0.1, 0.15) is 56.8 Å². The van der Waals surface area contributed by atoms with Gasteiger partial charge < -0.3 is 29.2 Å². The van der Waals surface area contributed by atoms with Crippen molar-refractivity contribution in [2.45, 2.75) is 58.6 Å². The van der Waals surface area contributed by atoms with Gasteiger partial charge in [0, 0.05) is 31.3 Å². The molecule has 8 heteroatoms. The van der Waals surface area contributed by atoms with E-state index in [0.717, 1.165) is 25.7 Å². The lowest BCUT2D eigenvalue weighted by atomic mass is 10.0. The summed E-state index contributed by atoms with van der Waals surface area (Å²) >= 11 is 0. The molecule has 2 heterocycles. The first-order valence-electron chi connectivity index (χ1n) is 11.3. The highest BCUT2D eigenvalue weighted by molar-refractivity contribution is 5.95. The molecule has 3 rings (SSSR count). The summed E-state index contributed by atoms with van der Waals surface area (Å²) in [4.78, 5) is 27.3. The van der Waals surface area contributed by atoms with Crippen molar-refractivity contribution in [2.75, 3.05) is 39.5 Å². The lowest BCUT2D eigenvalue weighted by molar-refractivity contribution is -0.131.